The quantitative estimate of drug-likeness (QED) is 0.837. The fourth-order valence-electron chi connectivity index (χ4n) is 2.64. The summed E-state index contributed by atoms with van der Waals surface area (Å²) >= 11 is 0. The van der Waals surface area contributed by atoms with Gasteiger partial charge in [-0.25, -0.2) is 4.98 Å². The van der Waals surface area contributed by atoms with Crippen molar-refractivity contribution >= 4 is 0 Å². The van der Waals surface area contributed by atoms with Crippen molar-refractivity contribution in [1.29, 1.82) is 0 Å². The fourth-order valence-corrected chi connectivity index (χ4v) is 2.64. The molecule has 0 bridgehead atoms. The summed E-state index contributed by atoms with van der Waals surface area (Å²) in [6, 6.07) is 0. The van der Waals surface area contributed by atoms with Gasteiger partial charge < -0.3 is 9.09 Å². The van der Waals surface area contributed by atoms with E-state index in [1.165, 1.54) is 6.42 Å². The first-order valence-electron chi connectivity index (χ1n) is 6.71. The van der Waals surface area contributed by atoms with Crippen LogP contribution in [0, 0.1) is 6.92 Å². The van der Waals surface area contributed by atoms with Crippen molar-refractivity contribution in [2.24, 2.45) is 7.05 Å². The van der Waals surface area contributed by atoms with Crippen LogP contribution in [-0.4, -0.2) is 37.7 Å². The lowest BCUT2D eigenvalue weighted by molar-refractivity contribution is 0.189. The molecule has 0 N–H and O–H groups in total. The monoisotopic (exact) mass is 261 g/mol. The van der Waals surface area contributed by atoms with Crippen molar-refractivity contribution in [1.82, 2.24) is 24.6 Å². The van der Waals surface area contributed by atoms with Crippen molar-refractivity contribution in [3.8, 4) is 0 Å². The molecule has 2 aromatic rings. The predicted octanol–water partition coefficient (Wildman–Crippen LogP) is 1.49. The zero-order valence-electron chi connectivity index (χ0n) is 11.4. The molecule has 1 saturated heterocycles. The summed E-state index contributed by atoms with van der Waals surface area (Å²) in [6.45, 7) is 4.81. The van der Waals surface area contributed by atoms with Crippen LogP contribution in [0.2, 0.25) is 0 Å². The van der Waals surface area contributed by atoms with E-state index in [0.717, 1.165) is 37.7 Å². The van der Waals surface area contributed by atoms with Crippen LogP contribution >= 0.6 is 0 Å². The summed E-state index contributed by atoms with van der Waals surface area (Å²) in [5.74, 6) is 2.98. The van der Waals surface area contributed by atoms with Crippen molar-refractivity contribution < 1.29 is 4.52 Å². The van der Waals surface area contributed by atoms with Crippen LogP contribution in [-0.2, 0) is 13.6 Å². The van der Waals surface area contributed by atoms with Gasteiger partial charge in [0.2, 0.25) is 5.89 Å². The largest absolute Gasteiger partial charge is 0.340 e. The molecule has 0 saturated carbocycles. The maximum absolute atomic E-state index is 5.08. The first kappa shape index (κ1) is 12.3. The fraction of sp³-hybridized carbons (Fsp3) is 0.615. The minimum Gasteiger partial charge on any atom is -0.340 e. The number of imidazole rings is 1. The van der Waals surface area contributed by atoms with Gasteiger partial charge in [-0.15, -0.1) is 0 Å². The lowest BCUT2D eigenvalue weighted by atomic mass is 9.97. The summed E-state index contributed by atoms with van der Waals surface area (Å²) in [4.78, 5) is 11.2. The molecule has 3 heterocycles. The molecule has 19 heavy (non-hydrogen) atoms. The molecule has 0 aromatic carbocycles. The molecular formula is C13H19N5O. The standard InChI is InChI=1S/C13H19N5O/c1-10-15-13(16-19-10)11-4-3-6-18(8-11)9-12-14-5-7-17(12)2/h5,7,11H,3-4,6,8-9H2,1-2H3/t11-/m1/s1. The van der Waals surface area contributed by atoms with Gasteiger partial charge in [-0.1, -0.05) is 5.16 Å². The lowest BCUT2D eigenvalue weighted by Crippen LogP contribution is -2.35. The summed E-state index contributed by atoms with van der Waals surface area (Å²) in [5.41, 5.74) is 0. The Hall–Kier alpha value is -1.69. The highest BCUT2D eigenvalue weighted by Crippen LogP contribution is 2.25. The third-order valence-corrected chi connectivity index (χ3v) is 3.70. The summed E-state index contributed by atoms with van der Waals surface area (Å²) in [6.07, 6.45) is 6.14. The molecule has 0 radical (unpaired) electrons. The van der Waals surface area contributed by atoms with E-state index in [1.807, 2.05) is 26.4 Å². The van der Waals surface area contributed by atoms with Gasteiger partial charge in [0.05, 0.1) is 6.54 Å². The van der Waals surface area contributed by atoms with E-state index in [9.17, 15) is 0 Å². The van der Waals surface area contributed by atoms with Gasteiger partial charge in [0.1, 0.15) is 5.82 Å². The average Bonchev–Trinajstić information content (AvgIpc) is 3.00. The zero-order chi connectivity index (χ0) is 13.2. The van der Waals surface area contributed by atoms with Crippen molar-refractivity contribution in [3.63, 3.8) is 0 Å². The molecule has 1 atom stereocenters. The highest BCUT2D eigenvalue weighted by molar-refractivity contribution is 4.99. The van der Waals surface area contributed by atoms with E-state index in [-0.39, 0.29) is 0 Å². The third kappa shape index (κ3) is 2.68. The van der Waals surface area contributed by atoms with Crippen molar-refractivity contribution in [2.75, 3.05) is 13.1 Å². The Morgan fingerprint density at radius 3 is 3.05 bits per heavy atom. The van der Waals surface area contributed by atoms with E-state index >= 15 is 0 Å². The van der Waals surface area contributed by atoms with Gasteiger partial charge >= 0.3 is 0 Å². The molecule has 6 heteroatoms. The predicted molar refractivity (Wildman–Crippen MR) is 69.5 cm³/mol. The third-order valence-electron chi connectivity index (χ3n) is 3.70. The SMILES string of the molecule is Cc1nc([C@@H]2CCCN(Cc3nccn3C)C2)no1. The van der Waals surface area contributed by atoms with Crippen molar-refractivity contribution in [3.05, 3.63) is 29.9 Å². The van der Waals surface area contributed by atoms with Crippen LogP contribution in [0.3, 0.4) is 0 Å². The first-order chi connectivity index (χ1) is 9.22. The molecule has 3 rings (SSSR count). The van der Waals surface area contributed by atoms with Crippen molar-refractivity contribution in [2.45, 2.75) is 32.2 Å². The van der Waals surface area contributed by atoms with E-state index in [0.29, 0.717) is 11.8 Å². The van der Waals surface area contributed by atoms with Gasteiger partial charge in [-0.05, 0) is 19.4 Å². The highest BCUT2D eigenvalue weighted by Gasteiger charge is 2.25. The van der Waals surface area contributed by atoms with E-state index in [4.69, 9.17) is 4.52 Å². The Morgan fingerprint density at radius 2 is 2.37 bits per heavy atom. The molecule has 0 amide bonds. The number of hydrogen-bond donors (Lipinski definition) is 0. The number of rotatable bonds is 3. The summed E-state index contributed by atoms with van der Waals surface area (Å²) < 4.78 is 7.15. The minimum absolute atomic E-state index is 0.381. The normalized spacial score (nSPS) is 20.8. The molecule has 1 aliphatic rings. The molecule has 0 unspecified atom stereocenters. The molecular weight excluding hydrogens is 242 g/mol. The van der Waals surface area contributed by atoms with Crippen LogP contribution < -0.4 is 0 Å². The maximum atomic E-state index is 5.08. The van der Waals surface area contributed by atoms with Gasteiger partial charge in [0.15, 0.2) is 5.82 Å². The zero-order valence-corrected chi connectivity index (χ0v) is 11.4. The minimum atomic E-state index is 0.381. The Kier molecular flexibility index (Phi) is 3.33. The summed E-state index contributed by atoms with van der Waals surface area (Å²) in [7, 11) is 2.03. The molecule has 102 valence electrons. The number of hydrogen-bond acceptors (Lipinski definition) is 5. The molecule has 1 aliphatic heterocycles. The average molecular weight is 261 g/mol. The van der Waals surface area contributed by atoms with Crippen LogP contribution in [0.25, 0.3) is 0 Å². The Labute approximate surface area is 112 Å². The number of aromatic nitrogens is 4. The number of nitrogens with zero attached hydrogens (tertiary/aromatic N) is 5. The van der Waals surface area contributed by atoms with Gasteiger partial charge in [0, 0.05) is 38.8 Å². The number of piperidine rings is 1. The topological polar surface area (TPSA) is 60.0 Å². The second-order valence-electron chi connectivity index (χ2n) is 5.20. The van der Waals surface area contributed by atoms with E-state index in [1.54, 1.807) is 0 Å². The van der Waals surface area contributed by atoms with Crippen LogP contribution in [0.4, 0.5) is 0 Å². The Balaban J connectivity index is 1.66. The van der Waals surface area contributed by atoms with Crippen LogP contribution in [0.15, 0.2) is 16.9 Å². The molecule has 0 spiro atoms. The Bertz CT molecular complexity index is 547. The Morgan fingerprint density at radius 1 is 1.47 bits per heavy atom. The van der Waals surface area contributed by atoms with Crippen LogP contribution in [0.5, 0.6) is 0 Å². The van der Waals surface area contributed by atoms with E-state index < -0.39 is 0 Å². The second-order valence-corrected chi connectivity index (χ2v) is 5.20. The van der Waals surface area contributed by atoms with E-state index in [2.05, 4.69) is 24.6 Å². The van der Waals surface area contributed by atoms with Gasteiger partial charge in [0.25, 0.3) is 0 Å². The molecule has 1 fully saturated rings. The summed E-state index contributed by atoms with van der Waals surface area (Å²) in [5, 5.41) is 4.05. The molecule has 6 nitrogen and oxygen atoms in total. The smallest absolute Gasteiger partial charge is 0.223 e. The van der Waals surface area contributed by atoms with Gasteiger partial charge in [-0.3, -0.25) is 4.90 Å². The van der Waals surface area contributed by atoms with Gasteiger partial charge in [-0.2, -0.15) is 4.98 Å². The number of likely N-dealkylation sites (tertiary alicyclic amines) is 1. The lowest BCUT2D eigenvalue weighted by Gasteiger charge is -2.30. The maximum Gasteiger partial charge on any atom is 0.223 e. The second kappa shape index (κ2) is 5.13. The molecule has 0 aliphatic carbocycles. The van der Waals surface area contributed by atoms with Crippen LogP contribution in [0.1, 0.15) is 36.3 Å². The first-order valence-corrected chi connectivity index (χ1v) is 6.71. The number of aryl methyl sites for hydroxylation is 2. The highest BCUT2D eigenvalue weighted by atomic mass is 16.5. The molecule has 2 aromatic heterocycles.